The van der Waals surface area contributed by atoms with Crippen LogP contribution in [0.2, 0.25) is 0 Å². The van der Waals surface area contributed by atoms with Crippen molar-refractivity contribution in [2.24, 2.45) is 0 Å². The van der Waals surface area contributed by atoms with Crippen LogP contribution in [0.5, 0.6) is 0 Å². The summed E-state index contributed by atoms with van der Waals surface area (Å²) in [5.41, 5.74) is 0.487. The van der Waals surface area contributed by atoms with Crippen molar-refractivity contribution in [3.63, 3.8) is 0 Å². The van der Waals surface area contributed by atoms with Crippen LogP contribution in [0.15, 0.2) is 12.4 Å². The smallest absolute Gasteiger partial charge is 0.274 e. The van der Waals surface area contributed by atoms with Crippen molar-refractivity contribution < 1.29 is 4.79 Å². The van der Waals surface area contributed by atoms with Gasteiger partial charge in [0.1, 0.15) is 11.5 Å². The highest BCUT2D eigenvalue weighted by Gasteiger charge is 2.23. The van der Waals surface area contributed by atoms with Crippen molar-refractivity contribution in [2.45, 2.75) is 64.3 Å². The molecule has 126 valence electrons. The van der Waals surface area contributed by atoms with E-state index in [1.165, 1.54) is 32.1 Å². The SMILES string of the molecule is CCC1CCCCN1c1cnc(C(=O)N2CCCCCC2)cn1. The molecule has 1 amide bonds. The van der Waals surface area contributed by atoms with Crippen molar-refractivity contribution in [1.29, 1.82) is 0 Å². The number of amides is 1. The third-order valence-electron chi connectivity index (χ3n) is 5.14. The van der Waals surface area contributed by atoms with Gasteiger partial charge in [-0.05, 0) is 38.5 Å². The van der Waals surface area contributed by atoms with Crippen molar-refractivity contribution in [1.82, 2.24) is 14.9 Å². The maximum Gasteiger partial charge on any atom is 0.274 e. The average Bonchev–Trinajstić information content (AvgIpc) is 2.90. The first-order valence-corrected chi connectivity index (χ1v) is 9.17. The zero-order valence-electron chi connectivity index (χ0n) is 14.2. The molecule has 3 rings (SSSR count). The van der Waals surface area contributed by atoms with Gasteiger partial charge in [-0.1, -0.05) is 19.8 Å². The molecule has 2 saturated heterocycles. The van der Waals surface area contributed by atoms with Crippen LogP contribution in [0.25, 0.3) is 0 Å². The van der Waals surface area contributed by atoms with Gasteiger partial charge in [-0.15, -0.1) is 0 Å². The van der Waals surface area contributed by atoms with Gasteiger partial charge >= 0.3 is 0 Å². The summed E-state index contributed by atoms with van der Waals surface area (Å²) in [5, 5.41) is 0. The topological polar surface area (TPSA) is 49.3 Å². The maximum atomic E-state index is 12.6. The van der Waals surface area contributed by atoms with E-state index in [2.05, 4.69) is 21.8 Å². The third kappa shape index (κ3) is 3.82. The van der Waals surface area contributed by atoms with Crippen LogP contribution in [-0.4, -0.2) is 46.5 Å². The molecule has 2 aliphatic heterocycles. The summed E-state index contributed by atoms with van der Waals surface area (Å²) in [4.78, 5) is 25.9. The Labute approximate surface area is 139 Å². The minimum Gasteiger partial charge on any atom is -0.352 e. The zero-order valence-corrected chi connectivity index (χ0v) is 14.2. The van der Waals surface area contributed by atoms with Crippen LogP contribution in [0, 0.1) is 0 Å². The van der Waals surface area contributed by atoms with Crippen molar-refractivity contribution in [3.05, 3.63) is 18.1 Å². The summed E-state index contributed by atoms with van der Waals surface area (Å²) in [7, 11) is 0. The van der Waals surface area contributed by atoms with Gasteiger partial charge in [0.2, 0.25) is 0 Å². The molecule has 0 bridgehead atoms. The van der Waals surface area contributed by atoms with E-state index in [-0.39, 0.29) is 5.91 Å². The lowest BCUT2D eigenvalue weighted by Crippen LogP contribution is -2.40. The molecule has 0 N–H and O–H groups in total. The second kappa shape index (κ2) is 7.75. The lowest BCUT2D eigenvalue weighted by Gasteiger charge is -2.36. The van der Waals surface area contributed by atoms with Gasteiger partial charge in [-0.2, -0.15) is 0 Å². The number of carbonyl (C=O) groups excluding carboxylic acids is 1. The second-order valence-corrected chi connectivity index (χ2v) is 6.72. The Morgan fingerprint density at radius 2 is 1.78 bits per heavy atom. The standard InChI is InChI=1S/C18H28N4O/c1-2-15-9-5-8-12-22(15)17-14-19-16(13-20-17)18(23)21-10-6-3-4-7-11-21/h13-15H,2-12H2,1H3. The van der Waals surface area contributed by atoms with Gasteiger partial charge in [0.25, 0.3) is 5.91 Å². The Bertz CT molecular complexity index is 508. The number of likely N-dealkylation sites (tertiary alicyclic amines) is 1. The Hall–Kier alpha value is -1.65. The quantitative estimate of drug-likeness (QED) is 0.859. The number of nitrogens with zero attached hydrogens (tertiary/aromatic N) is 4. The van der Waals surface area contributed by atoms with Crippen molar-refractivity contribution >= 4 is 11.7 Å². The third-order valence-corrected chi connectivity index (χ3v) is 5.14. The molecule has 0 aromatic carbocycles. The lowest BCUT2D eigenvalue weighted by atomic mass is 10.0. The van der Waals surface area contributed by atoms with Crippen LogP contribution >= 0.6 is 0 Å². The molecule has 2 fully saturated rings. The molecule has 1 aromatic heterocycles. The Balaban J connectivity index is 1.69. The molecule has 1 aromatic rings. The summed E-state index contributed by atoms with van der Waals surface area (Å²) in [5.74, 6) is 0.959. The fourth-order valence-electron chi connectivity index (χ4n) is 3.74. The first kappa shape index (κ1) is 16.2. The Morgan fingerprint density at radius 3 is 2.43 bits per heavy atom. The summed E-state index contributed by atoms with van der Waals surface area (Å²) < 4.78 is 0. The number of hydrogen-bond acceptors (Lipinski definition) is 4. The Kier molecular flexibility index (Phi) is 5.47. The monoisotopic (exact) mass is 316 g/mol. The average molecular weight is 316 g/mol. The number of piperidine rings is 1. The predicted molar refractivity (Wildman–Crippen MR) is 91.7 cm³/mol. The van der Waals surface area contributed by atoms with E-state index in [0.717, 1.165) is 44.7 Å². The van der Waals surface area contributed by atoms with Crippen LogP contribution in [0.1, 0.15) is 68.8 Å². The molecule has 1 atom stereocenters. The number of carbonyl (C=O) groups is 1. The van der Waals surface area contributed by atoms with Gasteiger partial charge in [-0.3, -0.25) is 4.79 Å². The van der Waals surface area contributed by atoms with Gasteiger partial charge in [0.15, 0.2) is 0 Å². The first-order valence-electron chi connectivity index (χ1n) is 9.17. The molecule has 1 unspecified atom stereocenters. The second-order valence-electron chi connectivity index (χ2n) is 6.72. The minimum absolute atomic E-state index is 0.0386. The first-order chi connectivity index (χ1) is 11.3. The molecule has 0 spiro atoms. The fourth-order valence-corrected chi connectivity index (χ4v) is 3.74. The van der Waals surface area contributed by atoms with Crippen LogP contribution in [0.4, 0.5) is 5.82 Å². The number of hydrogen-bond donors (Lipinski definition) is 0. The largest absolute Gasteiger partial charge is 0.352 e. The minimum atomic E-state index is 0.0386. The summed E-state index contributed by atoms with van der Waals surface area (Å²) in [6.07, 6.45) is 13.0. The van der Waals surface area contributed by atoms with E-state index in [0.29, 0.717) is 11.7 Å². The molecule has 5 nitrogen and oxygen atoms in total. The highest BCUT2D eigenvalue weighted by Crippen LogP contribution is 2.24. The van der Waals surface area contributed by atoms with Gasteiger partial charge in [-0.25, -0.2) is 9.97 Å². The molecule has 0 radical (unpaired) electrons. The number of aromatic nitrogens is 2. The van der Waals surface area contributed by atoms with Crippen LogP contribution < -0.4 is 4.90 Å². The normalized spacial score (nSPS) is 22.7. The number of anilines is 1. The lowest BCUT2D eigenvalue weighted by molar-refractivity contribution is 0.0755. The summed E-state index contributed by atoms with van der Waals surface area (Å²) in [6, 6.07) is 0.560. The van der Waals surface area contributed by atoms with Gasteiger partial charge in [0.05, 0.1) is 12.4 Å². The van der Waals surface area contributed by atoms with Crippen LogP contribution in [0.3, 0.4) is 0 Å². The molecule has 3 heterocycles. The molecule has 23 heavy (non-hydrogen) atoms. The van der Waals surface area contributed by atoms with Gasteiger partial charge in [0, 0.05) is 25.7 Å². The van der Waals surface area contributed by atoms with E-state index in [9.17, 15) is 4.79 Å². The molecule has 0 aliphatic carbocycles. The molecule has 5 heteroatoms. The fraction of sp³-hybridized carbons (Fsp3) is 0.722. The van der Waals surface area contributed by atoms with E-state index < -0.39 is 0 Å². The molecular weight excluding hydrogens is 288 g/mol. The predicted octanol–water partition coefficient (Wildman–Crippen LogP) is 3.26. The zero-order chi connectivity index (χ0) is 16.1. The van der Waals surface area contributed by atoms with E-state index >= 15 is 0 Å². The van der Waals surface area contributed by atoms with E-state index in [1.807, 2.05) is 4.90 Å². The highest BCUT2D eigenvalue weighted by atomic mass is 16.2. The molecule has 2 aliphatic rings. The highest BCUT2D eigenvalue weighted by molar-refractivity contribution is 5.92. The molecule has 0 saturated carbocycles. The van der Waals surface area contributed by atoms with Gasteiger partial charge < -0.3 is 9.80 Å². The summed E-state index contributed by atoms with van der Waals surface area (Å²) in [6.45, 7) is 4.98. The van der Waals surface area contributed by atoms with Crippen molar-refractivity contribution in [2.75, 3.05) is 24.5 Å². The van der Waals surface area contributed by atoms with Crippen LogP contribution in [-0.2, 0) is 0 Å². The Morgan fingerprint density at radius 1 is 1.04 bits per heavy atom. The number of rotatable bonds is 3. The van der Waals surface area contributed by atoms with E-state index in [1.54, 1.807) is 12.4 Å². The molecular formula is C18H28N4O. The summed E-state index contributed by atoms with van der Waals surface area (Å²) >= 11 is 0. The van der Waals surface area contributed by atoms with Crippen molar-refractivity contribution in [3.8, 4) is 0 Å². The maximum absolute atomic E-state index is 12.6. The van der Waals surface area contributed by atoms with E-state index in [4.69, 9.17) is 0 Å².